The van der Waals surface area contributed by atoms with Crippen molar-refractivity contribution >= 4 is 30.1 Å². The van der Waals surface area contributed by atoms with E-state index in [9.17, 15) is 4.79 Å². The van der Waals surface area contributed by atoms with Gasteiger partial charge in [0, 0.05) is 11.3 Å². The molecule has 1 saturated carbocycles. The molecule has 20 heavy (non-hydrogen) atoms. The molecule has 0 heterocycles. The number of thioether (sulfide) groups is 1. The fourth-order valence-electron chi connectivity index (χ4n) is 2.59. The Labute approximate surface area is 131 Å². The summed E-state index contributed by atoms with van der Waals surface area (Å²) in [5, 5.41) is 3.78. The summed E-state index contributed by atoms with van der Waals surface area (Å²) < 4.78 is 0. The molecule has 1 aromatic rings. The second-order valence-electron chi connectivity index (χ2n) is 5.12. The third kappa shape index (κ3) is 4.69. The Kier molecular flexibility index (Phi) is 7.41. The van der Waals surface area contributed by atoms with Gasteiger partial charge >= 0.3 is 0 Å². The molecule has 0 spiro atoms. The van der Waals surface area contributed by atoms with Crippen molar-refractivity contribution in [3.8, 4) is 0 Å². The van der Waals surface area contributed by atoms with E-state index < -0.39 is 6.04 Å². The minimum atomic E-state index is -0.559. The number of hydrogen-bond donors (Lipinski definition) is 2. The summed E-state index contributed by atoms with van der Waals surface area (Å²) in [4.78, 5) is 12.2. The van der Waals surface area contributed by atoms with E-state index in [0.29, 0.717) is 5.25 Å². The van der Waals surface area contributed by atoms with Crippen LogP contribution in [-0.2, 0) is 4.79 Å². The average molecular weight is 315 g/mol. The molecule has 0 radical (unpaired) electrons. The Bertz CT molecular complexity index is 416. The average Bonchev–Trinajstić information content (AvgIpc) is 2.47. The van der Waals surface area contributed by atoms with Crippen LogP contribution in [0.1, 0.15) is 37.3 Å². The zero-order valence-corrected chi connectivity index (χ0v) is 13.4. The van der Waals surface area contributed by atoms with Crippen molar-refractivity contribution in [3.05, 3.63) is 35.9 Å². The topological polar surface area (TPSA) is 55.1 Å². The summed E-state index contributed by atoms with van der Waals surface area (Å²) in [5.41, 5.74) is 6.88. The highest BCUT2D eigenvalue weighted by molar-refractivity contribution is 7.99. The predicted molar refractivity (Wildman–Crippen MR) is 88.3 cm³/mol. The number of carbonyl (C=O) groups is 1. The smallest absolute Gasteiger partial charge is 0.241 e. The monoisotopic (exact) mass is 314 g/mol. The SMILES string of the molecule is CSC1CCCC(NC(=O)C(N)c2ccccc2)C1.Cl. The van der Waals surface area contributed by atoms with Crippen LogP contribution in [0.25, 0.3) is 0 Å². The number of carbonyl (C=O) groups excluding carboxylic acids is 1. The van der Waals surface area contributed by atoms with Gasteiger partial charge in [0.25, 0.3) is 0 Å². The van der Waals surface area contributed by atoms with Crippen LogP contribution in [0.5, 0.6) is 0 Å². The van der Waals surface area contributed by atoms with Gasteiger partial charge in [0.1, 0.15) is 6.04 Å². The molecule has 1 amide bonds. The van der Waals surface area contributed by atoms with E-state index in [-0.39, 0.29) is 24.4 Å². The van der Waals surface area contributed by atoms with Crippen molar-refractivity contribution in [3.63, 3.8) is 0 Å². The molecule has 1 aliphatic carbocycles. The molecule has 3 N–H and O–H groups in total. The van der Waals surface area contributed by atoms with Gasteiger partial charge in [-0.3, -0.25) is 4.79 Å². The summed E-state index contributed by atoms with van der Waals surface area (Å²) in [6.45, 7) is 0. The summed E-state index contributed by atoms with van der Waals surface area (Å²) in [6, 6.07) is 9.27. The Morgan fingerprint density at radius 3 is 2.70 bits per heavy atom. The molecule has 0 aromatic heterocycles. The van der Waals surface area contributed by atoms with Crippen molar-refractivity contribution in [2.75, 3.05) is 6.26 Å². The van der Waals surface area contributed by atoms with Gasteiger partial charge in [0.05, 0.1) is 0 Å². The number of nitrogens with one attached hydrogen (secondary N) is 1. The zero-order valence-electron chi connectivity index (χ0n) is 11.7. The van der Waals surface area contributed by atoms with E-state index in [2.05, 4.69) is 11.6 Å². The Balaban J connectivity index is 0.00000200. The predicted octanol–water partition coefficient (Wildman–Crippen LogP) is 2.90. The minimum Gasteiger partial charge on any atom is -0.352 e. The van der Waals surface area contributed by atoms with Crippen molar-refractivity contribution in [1.82, 2.24) is 5.32 Å². The molecule has 3 unspecified atom stereocenters. The lowest BCUT2D eigenvalue weighted by Crippen LogP contribution is -2.43. The van der Waals surface area contributed by atoms with Crippen LogP contribution in [0.3, 0.4) is 0 Å². The van der Waals surface area contributed by atoms with E-state index in [1.54, 1.807) is 0 Å². The first kappa shape index (κ1) is 17.3. The molecule has 0 saturated heterocycles. The van der Waals surface area contributed by atoms with Crippen LogP contribution < -0.4 is 11.1 Å². The van der Waals surface area contributed by atoms with E-state index in [1.807, 2.05) is 42.1 Å². The lowest BCUT2D eigenvalue weighted by Gasteiger charge is -2.29. The summed E-state index contributed by atoms with van der Waals surface area (Å²) in [6.07, 6.45) is 6.73. The van der Waals surface area contributed by atoms with Crippen LogP contribution in [0, 0.1) is 0 Å². The van der Waals surface area contributed by atoms with E-state index in [0.717, 1.165) is 18.4 Å². The van der Waals surface area contributed by atoms with Crippen LogP contribution >= 0.6 is 24.2 Å². The van der Waals surface area contributed by atoms with E-state index in [1.165, 1.54) is 12.8 Å². The normalized spacial score (nSPS) is 23.5. The molecule has 3 nitrogen and oxygen atoms in total. The number of benzene rings is 1. The van der Waals surface area contributed by atoms with Crippen molar-refractivity contribution in [2.24, 2.45) is 5.73 Å². The Morgan fingerprint density at radius 2 is 2.05 bits per heavy atom. The van der Waals surface area contributed by atoms with Crippen molar-refractivity contribution in [2.45, 2.75) is 43.0 Å². The summed E-state index contributed by atoms with van der Waals surface area (Å²) in [7, 11) is 0. The van der Waals surface area contributed by atoms with Gasteiger partial charge < -0.3 is 11.1 Å². The molecule has 0 aliphatic heterocycles. The molecular formula is C15H23ClN2OS. The fraction of sp³-hybridized carbons (Fsp3) is 0.533. The van der Waals surface area contributed by atoms with Crippen LogP contribution in [0.4, 0.5) is 0 Å². The third-order valence-corrected chi connectivity index (χ3v) is 4.84. The quantitative estimate of drug-likeness (QED) is 0.898. The van der Waals surface area contributed by atoms with E-state index >= 15 is 0 Å². The van der Waals surface area contributed by atoms with Crippen LogP contribution in [0.15, 0.2) is 30.3 Å². The number of rotatable bonds is 4. The molecule has 3 atom stereocenters. The lowest BCUT2D eigenvalue weighted by atomic mass is 9.94. The van der Waals surface area contributed by atoms with Gasteiger partial charge in [-0.25, -0.2) is 0 Å². The first-order valence-electron chi connectivity index (χ1n) is 6.84. The third-order valence-electron chi connectivity index (χ3n) is 3.75. The molecule has 5 heteroatoms. The summed E-state index contributed by atoms with van der Waals surface area (Å²) in [5.74, 6) is -0.0575. The molecule has 0 bridgehead atoms. The lowest BCUT2D eigenvalue weighted by molar-refractivity contribution is -0.123. The van der Waals surface area contributed by atoms with Crippen LogP contribution in [0.2, 0.25) is 0 Å². The maximum Gasteiger partial charge on any atom is 0.241 e. The van der Waals surface area contributed by atoms with Crippen molar-refractivity contribution in [1.29, 1.82) is 0 Å². The minimum absolute atomic E-state index is 0. The second kappa shape index (κ2) is 8.55. The molecular weight excluding hydrogens is 292 g/mol. The second-order valence-corrected chi connectivity index (χ2v) is 6.26. The largest absolute Gasteiger partial charge is 0.352 e. The van der Waals surface area contributed by atoms with Gasteiger partial charge in [-0.1, -0.05) is 36.8 Å². The van der Waals surface area contributed by atoms with Gasteiger partial charge in [-0.2, -0.15) is 11.8 Å². The fourth-order valence-corrected chi connectivity index (χ4v) is 3.42. The standard InChI is InChI=1S/C15H22N2OS.ClH/c1-19-13-9-5-8-12(10-13)17-15(18)14(16)11-6-3-2-4-7-11;/h2-4,6-7,12-14H,5,8-10,16H2,1H3,(H,17,18);1H. The molecule has 112 valence electrons. The molecule has 1 aromatic carbocycles. The van der Waals surface area contributed by atoms with E-state index in [4.69, 9.17) is 5.73 Å². The van der Waals surface area contributed by atoms with Crippen molar-refractivity contribution < 1.29 is 4.79 Å². The zero-order chi connectivity index (χ0) is 13.7. The Morgan fingerprint density at radius 1 is 1.35 bits per heavy atom. The van der Waals surface area contributed by atoms with Gasteiger partial charge in [0.15, 0.2) is 0 Å². The highest BCUT2D eigenvalue weighted by Gasteiger charge is 2.24. The van der Waals surface area contributed by atoms with Gasteiger partial charge in [-0.05, 0) is 31.1 Å². The molecule has 1 fully saturated rings. The Hall–Kier alpha value is -0.710. The summed E-state index contributed by atoms with van der Waals surface area (Å²) >= 11 is 1.90. The van der Waals surface area contributed by atoms with Gasteiger partial charge in [0.2, 0.25) is 5.91 Å². The van der Waals surface area contributed by atoms with Crippen LogP contribution in [-0.4, -0.2) is 23.5 Å². The highest BCUT2D eigenvalue weighted by Crippen LogP contribution is 2.27. The number of amides is 1. The first-order chi connectivity index (χ1) is 9.20. The number of nitrogens with two attached hydrogens (primary N) is 1. The highest BCUT2D eigenvalue weighted by atomic mass is 35.5. The molecule has 2 rings (SSSR count). The number of halogens is 1. The molecule has 1 aliphatic rings. The maximum absolute atomic E-state index is 12.2. The van der Waals surface area contributed by atoms with Gasteiger partial charge in [-0.15, -0.1) is 12.4 Å². The number of hydrogen-bond acceptors (Lipinski definition) is 3. The first-order valence-corrected chi connectivity index (χ1v) is 8.13. The maximum atomic E-state index is 12.2.